The Balaban J connectivity index is 1.66. The molecule has 1 amide bonds. The predicted molar refractivity (Wildman–Crippen MR) is 122 cm³/mol. The van der Waals surface area contributed by atoms with Crippen molar-refractivity contribution in [2.24, 2.45) is 5.73 Å². The van der Waals surface area contributed by atoms with Gasteiger partial charge in [-0.3, -0.25) is 4.79 Å². The molecule has 5 nitrogen and oxygen atoms in total. The predicted octanol–water partition coefficient (Wildman–Crippen LogP) is 4.66. The number of nitrogens with zero attached hydrogens (tertiary/aromatic N) is 2. The van der Waals surface area contributed by atoms with Crippen molar-refractivity contribution in [1.82, 2.24) is 4.98 Å². The summed E-state index contributed by atoms with van der Waals surface area (Å²) < 4.78 is 5.91. The van der Waals surface area contributed by atoms with Crippen LogP contribution in [-0.2, 0) is 24.2 Å². The Kier molecular flexibility index (Phi) is 6.54. The van der Waals surface area contributed by atoms with Crippen LogP contribution in [0.4, 0.5) is 0 Å². The Morgan fingerprint density at radius 3 is 2.55 bits per heavy atom. The number of fused-ring (bicyclic) bond motifs is 1. The molecule has 0 bridgehead atoms. The first-order valence-corrected chi connectivity index (χ1v) is 11.3. The summed E-state index contributed by atoms with van der Waals surface area (Å²) in [7, 11) is 0. The molecule has 31 heavy (non-hydrogen) atoms. The first-order chi connectivity index (χ1) is 15.2. The first kappa shape index (κ1) is 21.0. The fraction of sp³-hybridized carbons (Fsp3) is 0.240. The molecule has 156 valence electrons. The fourth-order valence-corrected chi connectivity index (χ4v) is 4.59. The minimum absolute atomic E-state index is 0.103. The van der Waals surface area contributed by atoms with E-state index in [1.54, 1.807) is 0 Å². The van der Waals surface area contributed by atoms with Crippen LogP contribution in [0.15, 0.2) is 59.6 Å². The molecule has 1 aromatic heterocycles. The highest BCUT2D eigenvalue weighted by Gasteiger charge is 2.23. The van der Waals surface area contributed by atoms with E-state index in [2.05, 4.69) is 6.07 Å². The maximum absolute atomic E-state index is 11.3. The maximum Gasteiger partial charge on any atom is 0.227 e. The normalized spacial score (nSPS) is 12.6. The Hall–Kier alpha value is -3.30. The Bertz CT molecular complexity index is 1120. The van der Waals surface area contributed by atoms with Crippen LogP contribution in [-0.4, -0.2) is 16.6 Å². The van der Waals surface area contributed by atoms with E-state index >= 15 is 0 Å². The molecule has 3 aromatic rings. The molecule has 0 unspecified atom stereocenters. The molecule has 0 aliphatic heterocycles. The average Bonchev–Trinajstić information content (AvgIpc) is 2.81. The van der Waals surface area contributed by atoms with Gasteiger partial charge in [0.2, 0.25) is 5.91 Å². The van der Waals surface area contributed by atoms with Crippen LogP contribution in [0.2, 0.25) is 0 Å². The molecule has 1 aliphatic rings. The number of thioether (sulfide) groups is 1. The van der Waals surface area contributed by atoms with E-state index < -0.39 is 5.91 Å². The second kappa shape index (κ2) is 9.67. The van der Waals surface area contributed by atoms with Crippen molar-refractivity contribution < 1.29 is 9.53 Å². The van der Waals surface area contributed by atoms with E-state index in [0.29, 0.717) is 17.2 Å². The largest absolute Gasteiger partial charge is 0.489 e. The Morgan fingerprint density at radius 1 is 1.10 bits per heavy atom. The van der Waals surface area contributed by atoms with Crippen molar-refractivity contribution in [1.29, 1.82) is 5.26 Å². The summed E-state index contributed by atoms with van der Waals surface area (Å²) in [6.07, 6.45) is 3.95. The van der Waals surface area contributed by atoms with E-state index in [9.17, 15) is 10.1 Å². The van der Waals surface area contributed by atoms with Crippen molar-refractivity contribution in [2.75, 3.05) is 5.75 Å². The number of carbonyl (C=O) groups is 1. The van der Waals surface area contributed by atoms with Crippen LogP contribution in [0, 0.1) is 11.3 Å². The van der Waals surface area contributed by atoms with Crippen LogP contribution in [0.25, 0.3) is 11.1 Å². The number of hydrogen-bond donors (Lipinski definition) is 1. The molecule has 0 spiro atoms. The molecule has 0 radical (unpaired) electrons. The second-order valence-electron chi connectivity index (χ2n) is 7.46. The van der Waals surface area contributed by atoms with Crippen molar-refractivity contribution in [2.45, 2.75) is 37.3 Å². The lowest BCUT2D eigenvalue weighted by atomic mass is 9.87. The third kappa shape index (κ3) is 4.89. The number of aryl methyl sites for hydroxylation is 1. The van der Waals surface area contributed by atoms with Gasteiger partial charge < -0.3 is 10.5 Å². The zero-order chi connectivity index (χ0) is 21.6. The number of hydrogen-bond acceptors (Lipinski definition) is 5. The molecular formula is C25H23N3O2S. The number of nitrogens with two attached hydrogens (primary N) is 1. The van der Waals surface area contributed by atoms with Gasteiger partial charge in [0.1, 0.15) is 23.5 Å². The number of rotatable bonds is 7. The molecule has 0 saturated carbocycles. The lowest BCUT2D eigenvalue weighted by Crippen LogP contribution is -2.15. The summed E-state index contributed by atoms with van der Waals surface area (Å²) >= 11 is 1.24. The molecule has 2 N–H and O–H groups in total. The lowest BCUT2D eigenvalue weighted by Gasteiger charge is -2.22. The summed E-state index contributed by atoms with van der Waals surface area (Å²) in [6.45, 7) is 0.502. The molecule has 1 aliphatic carbocycles. The standard InChI is InChI=1S/C25H23N3O2S/c26-14-21-24(20-8-4-5-9-22(20)28-25(21)31-16-23(27)29)18-10-12-19(13-11-18)30-15-17-6-2-1-3-7-17/h1-3,6-7,10-13H,4-5,8-9,15-16H2,(H2,27,29). The van der Waals surface area contributed by atoms with E-state index in [4.69, 9.17) is 15.5 Å². The zero-order valence-electron chi connectivity index (χ0n) is 17.1. The molecule has 4 rings (SSSR count). The summed E-state index contributed by atoms with van der Waals surface area (Å²) in [4.78, 5) is 16.0. The van der Waals surface area contributed by atoms with Crippen molar-refractivity contribution in [3.8, 4) is 22.9 Å². The molecule has 6 heteroatoms. The van der Waals surface area contributed by atoms with Crippen LogP contribution in [0.5, 0.6) is 5.75 Å². The number of carbonyl (C=O) groups excluding carboxylic acids is 1. The van der Waals surface area contributed by atoms with Gasteiger partial charge >= 0.3 is 0 Å². The highest BCUT2D eigenvalue weighted by molar-refractivity contribution is 8.00. The van der Waals surface area contributed by atoms with Crippen LogP contribution in [0.3, 0.4) is 0 Å². The highest BCUT2D eigenvalue weighted by Crippen LogP contribution is 2.38. The van der Waals surface area contributed by atoms with Gasteiger partial charge in [0, 0.05) is 11.3 Å². The minimum atomic E-state index is -0.421. The van der Waals surface area contributed by atoms with Gasteiger partial charge in [-0.25, -0.2) is 4.98 Å². The lowest BCUT2D eigenvalue weighted by molar-refractivity contribution is -0.115. The van der Waals surface area contributed by atoms with E-state index in [1.807, 2.05) is 54.6 Å². The monoisotopic (exact) mass is 429 g/mol. The molecule has 0 saturated heterocycles. The third-order valence-corrected chi connectivity index (χ3v) is 6.29. The van der Waals surface area contributed by atoms with Crippen molar-refractivity contribution in [3.05, 3.63) is 77.0 Å². The molecule has 0 fully saturated rings. The van der Waals surface area contributed by atoms with Crippen LogP contribution < -0.4 is 10.5 Å². The SMILES string of the molecule is N#Cc1c(SCC(N)=O)nc2c(c1-c1ccc(OCc3ccccc3)cc1)CCCC2. The number of amides is 1. The van der Waals surface area contributed by atoms with E-state index in [1.165, 1.54) is 11.8 Å². The average molecular weight is 430 g/mol. The van der Waals surface area contributed by atoms with Gasteiger partial charge in [-0.15, -0.1) is 0 Å². The summed E-state index contributed by atoms with van der Waals surface area (Å²) in [6, 6.07) is 20.2. The smallest absolute Gasteiger partial charge is 0.227 e. The van der Waals surface area contributed by atoms with Gasteiger partial charge in [0.25, 0.3) is 0 Å². The Labute approximate surface area is 186 Å². The summed E-state index contributed by atoms with van der Waals surface area (Å²) in [5.74, 6) is 0.457. The molecule has 1 heterocycles. The number of pyridine rings is 1. The number of primary amides is 1. The number of nitriles is 1. The summed E-state index contributed by atoms with van der Waals surface area (Å²) in [5, 5.41) is 10.5. The molecule has 0 atom stereocenters. The van der Waals surface area contributed by atoms with Gasteiger partial charge in [0.15, 0.2) is 0 Å². The number of ether oxygens (including phenoxy) is 1. The second-order valence-corrected chi connectivity index (χ2v) is 8.43. The number of benzene rings is 2. The van der Waals surface area contributed by atoms with E-state index in [-0.39, 0.29) is 5.75 Å². The number of aromatic nitrogens is 1. The molecular weight excluding hydrogens is 406 g/mol. The maximum atomic E-state index is 11.3. The highest BCUT2D eigenvalue weighted by atomic mass is 32.2. The van der Waals surface area contributed by atoms with Gasteiger partial charge in [-0.1, -0.05) is 54.2 Å². The first-order valence-electron chi connectivity index (χ1n) is 10.3. The Morgan fingerprint density at radius 2 is 1.84 bits per heavy atom. The fourth-order valence-electron chi connectivity index (χ4n) is 3.84. The van der Waals surface area contributed by atoms with Crippen LogP contribution >= 0.6 is 11.8 Å². The van der Waals surface area contributed by atoms with E-state index in [0.717, 1.165) is 59.4 Å². The van der Waals surface area contributed by atoms with Crippen molar-refractivity contribution >= 4 is 17.7 Å². The van der Waals surface area contributed by atoms with Gasteiger partial charge in [-0.05, 0) is 54.5 Å². The van der Waals surface area contributed by atoms with Crippen molar-refractivity contribution in [3.63, 3.8) is 0 Å². The quantitative estimate of drug-likeness (QED) is 0.552. The van der Waals surface area contributed by atoms with Crippen LogP contribution in [0.1, 0.15) is 35.2 Å². The third-order valence-electron chi connectivity index (χ3n) is 5.30. The zero-order valence-corrected chi connectivity index (χ0v) is 18.0. The van der Waals surface area contributed by atoms with Gasteiger partial charge in [-0.2, -0.15) is 5.26 Å². The summed E-state index contributed by atoms with van der Waals surface area (Å²) in [5.41, 5.74) is 11.0. The topological polar surface area (TPSA) is 89.0 Å². The van der Waals surface area contributed by atoms with Gasteiger partial charge in [0.05, 0.1) is 11.3 Å². The molecule has 2 aromatic carbocycles. The minimum Gasteiger partial charge on any atom is -0.489 e.